The molecule has 1 aromatic rings. The summed E-state index contributed by atoms with van der Waals surface area (Å²) in [5.74, 6) is 0. The Bertz CT molecular complexity index is 368. The van der Waals surface area contributed by atoms with Crippen LogP contribution in [-0.2, 0) is 4.74 Å². The van der Waals surface area contributed by atoms with E-state index in [2.05, 4.69) is 18.0 Å². The standard InChI is InChI=1S/C13H16N2O/c1-2-3-9-16-10-8-15-13-7-5-4-6-12(13)11-14/h2,4-7,15H,1,3,8-10H2. The molecule has 0 atom stereocenters. The van der Waals surface area contributed by atoms with Crippen LogP contribution >= 0.6 is 0 Å². The molecule has 1 rings (SSSR count). The lowest BCUT2D eigenvalue weighted by Crippen LogP contribution is -2.10. The van der Waals surface area contributed by atoms with E-state index >= 15 is 0 Å². The molecular formula is C13H16N2O. The lowest BCUT2D eigenvalue weighted by molar-refractivity contribution is 0.149. The fraction of sp³-hybridized carbons (Fsp3) is 0.308. The molecule has 1 N–H and O–H groups in total. The van der Waals surface area contributed by atoms with Gasteiger partial charge in [0.05, 0.1) is 24.5 Å². The normalized spacial score (nSPS) is 9.44. The molecule has 3 nitrogen and oxygen atoms in total. The summed E-state index contributed by atoms with van der Waals surface area (Å²) in [5.41, 5.74) is 1.52. The highest BCUT2D eigenvalue weighted by Crippen LogP contribution is 2.12. The van der Waals surface area contributed by atoms with Crippen molar-refractivity contribution in [2.45, 2.75) is 6.42 Å². The summed E-state index contributed by atoms with van der Waals surface area (Å²) in [5, 5.41) is 12.0. The smallest absolute Gasteiger partial charge is 0.101 e. The molecule has 0 saturated carbocycles. The van der Waals surface area contributed by atoms with Crippen molar-refractivity contribution in [3.8, 4) is 6.07 Å². The van der Waals surface area contributed by atoms with Crippen molar-refractivity contribution in [3.05, 3.63) is 42.5 Å². The number of hydrogen-bond donors (Lipinski definition) is 1. The molecule has 0 aliphatic rings. The second kappa shape index (κ2) is 7.49. The van der Waals surface area contributed by atoms with Crippen LogP contribution in [0.5, 0.6) is 0 Å². The zero-order chi connectivity index (χ0) is 11.6. The summed E-state index contributed by atoms with van der Waals surface area (Å²) in [6.45, 7) is 5.65. The molecule has 0 aliphatic heterocycles. The van der Waals surface area contributed by atoms with E-state index in [0.717, 1.165) is 12.1 Å². The van der Waals surface area contributed by atoms with Crippen molar-refractivity contribution in [2.24, 2.45) is 0 Å². The lowest BCUT2D eigenvalue weighted by atomic mass is 10.2. The van der Waals surface area contributed by atoms with E-state index in [4.69, 9.17) is 10.00 Å². The van der Waals surface area contributed by atoms with Crippen LogP contribution in [0.25, 0.3) is 0 Å². The average Bonchev–Trinajstić information content (AvgIpc) is 2.34. The molecule has 0 heterocycles. The fourth-order valence-corrected chi connectivity index (χ4v) is 1.26. The molecule has 0 unspecified atom stereocenters. The minimum atomic E-state index is 0.633. The third-order valence-electron chi connectivity index (χ3n) is 2.08. The van der Waals surface area contributed by atoms with Crippen molar-refractivity contribution in [1.82, 2.24) is 0 Å². The van der Waals surface area contributed by atoms with Crippen LogP contribution in [0.15, 0.2) is 36.9 Å². The summed E-state index contributed by atoms with van der Waals surface area (Å²) in [7, 11) is 0. The molecule has 0 aromatic heterocycles. The van der Waals surface area contributed by atoms with E-state index in [-0.39, 0.29) is 0 Å². The number of rotatable bonds is 7. The highest BCUT2D eigenvalue weighted by molar-refractivity contribution is 5.56. The Morgan fingerprint density at radius 1 is 1.38 bits per heavy atom. The summed E-state index contributed by atoms with van der Waals surface area (Å²) in [6.07, 6.45) is 2.70. The van der Waals surface area contributed by atoms with Gasteiger partial charge in [-0.1, -0.05) is 18.2 Å². The third kappa shape index (κ3) is 4.16. The van der Waals surface area contributed by atoms with Gasteiger partial charge in [0.15, 0.2) is 0 Å². The molecule has 0 bridgehead atoms. The predicted octanol–water partition coefficient (Wildman–Crippen LogP) is 2.56. The quantitative estimate of drug-likeness (QED) is 0.562. The Morgan fingerprint density at radius 2 is 2.19 bits per heavy atom. The predicted molar refractivity (Wildman–Crippen MR) is 65.3 cm³/mol. The monoisotopic (exact) mass is 216 g/mol. The average molecular weight is 216 g/mol. The Labute approximate surface area is 96.4 Å². The molecule has 16 heavy (non-hydrogen) atoms. The van der Waals surface area contributed by atoms with E-state index in [9.17, 15) is 0 Å². The van der Waals surface area contributed by atoms with Gasteiger partial charge >= 0.3 is 0 Å². The van der Waals surface area contributed by atoms with E-state index in [0.29, 0.717) is 25.3 Å². The van der Waals surface area contributed by atoms with Gasteiger partial charge in [-0.3, -0.25) is 0 Å². The van der Waals surface area contributed by atoms with Crippen molar-refractivity contribution < 1.29 is 4.74 Å². The van der Waals surface area contributed by atoms with Gasteiger partial charge in [0, 0.05) is 6.54 Å². The second-order valence-corrected chi connectivity index (χ2v) is 3.27. The third-order valence-corrected chi connectivity index (χ3v) is 2.08. The van der Waals surface area contributed by atoms with Crippen molar-refractivity contribution in [3.63, 3.8) is 0 Å². The lowest BCUT2D eigenvalue weighted by Gasteiger charge is -2.07. The van der Waals surface area contributed by atoms with E-state index in [1.807, 2.05) is 24.3 Å². The molecule has 1 aromatic carbocycles. The topological polar surface area (TPSA) is 45.0 Å². The summed E-state index contributed by atoms with van der Waals surface area (Å²) in [4.78, 5) is 0. The van der Waals surface area contributed by atoms with Crippen LogP contribution < -0.4 is 5.32 Å². The maximum atomic E-state index is 8.86. The van der Waals surface area contributed by atoms with Crippen LogP contribution in [0, 0.1) is 11.3 Å². The number of ether oxygens (including phenoxy) is 1. The molecule has 84 valence electrons. The van der Waals surface area contributed by atoms with E-state index in [1.165, 1.54) is 0 Å². The van der Waals surface area contributed by atoms with Crippen LogP contribution in [0.4, 0.5) is 5.69 Å². The molecule has 0 spiro atoms. The van der Waals surface area contributed by atoms with Crippen LogP contribution in [-0.4, -0.2) is 19.8 Å². The van der Waals surface area contributed by atoms with E-state index < -0.39 is 0 Å². The molecule has 0 fully saturated rings. The zero-order valence-corrected chi connectivity index (χ0v) is 9.28. The van der Waals surface area contributed by atoms with Crippen molar-refractivity contribution in [1.29, 1.82) is 5.26 Å². The number of nitriles is 1. The Morgan fingerprint density at radius 3 is 2.94 bits per heavy atom. The molecule has 0 amide bonds. The van der Waals surface area contributed by atoms with Gasteiger partial charge in [-0.25, -0.2) is 0 Å². The first-order valence-corrected chi connectivity index (χ1v) is 5.30. The first-order chi connectivity index (χ1) is 7.88. The number of nitrogens with one attached hydrogen (secondary N) is 1. The number of nitrogens with zero attached hydrogens (tertiary/aromatic N) is 1. The molecule has 0 radical (unpaired) electrons. The first kappa shape index (κ1) is 12.3. The fourth-order valence-electron chi connectivity index (χ4n) is 1.26. The highest BCUT2D eigenvalue weighted by Gasteiger charge is 1.98. The van der Waals surface area contributed by atoms with Gasteiger partial charge in [0.2, 0.25) is 0 Å². The summed E-state index contributed by atoms with van der Waals surface area (Å²) >= 11 is 0. The van der Waals surface area contributed by atoms with Gasteiger partial charge in [-0.15, -0.1) is 6.58 Å². The number of benzene rings is 1. The minimum absolute atomic E-state index is 0.633. The highest BCUT2D eigenvalue weighted by atomic mass is 16.5. The van der Waals surface area contributed by atoms with E-state index in [1.54, 1.807) is 6.07 Å². The summed E-state index contributed by atoms with van der Waals surface area (Å²) < 4.78 is 5.35. The van der Waals surface area contributed by atoms with Crippen LogP contribution in [0.1, 0.15) is 12.0 Å². The van der Waals surface area contributed by atoms with Crippen LogP contribution in [0.2, 0.25) is 0 Å². The van der Waals surface area contributed by atoms with Crippen LogP contribution in [0.3, 0.4) is 0 Å². The molecule has 0 aliphatic carbocycles. The second-order valence-electron chi connectivity index (χ2n) is 3.27. The summed E-state index contributed by atoms with van der Waals surface area (Å²) in [6, 6.07) is 9.58. The number of anilines is 1. The first-order valence-electron chi connectivity index (χ1n) is 5.30. The van der Waals surface area contributed by atoms with Gasteiger partial charge < -0.3 is 10.1 Å². The number of hydrogen-bond acceptors (Lipinski definition) is 3. The largest absolute Gasteiger partial charge is 0.382 e. The van der Waals surface area contributed by atoms with Crippen molar-refractivity contribution >= 4 is 5.69 Å². The van der Waals surface area contributed by atoms with Gasteiger partial charge in [0.1, 0.15) is 6.07 Å². The van der Waals surface area contributed by atoms with Gasteiger partial charge in [-0.05, 0) is 18.6 Å². The minimum Gasteiger partial charge on any atom is -0.382 e. The molecule has 3 heteroatoms. The SMILES string of the molecule is C=CCCOCCNc1ccccc1C#N. The number of para-hydroxylation sites is 1. The molecule has 0 saturated heterocycles. The van der Waals surface area contributed by atoms with Gasteiger partial charge in [-0.2, -0.15) is 5.26 Å². The maximum absolute atomic E-state index is 8.86. The zero-order valence-electron chi connectivity index (χ0n) is 9.28. The Hall–Kier alpha value is -1.79. The maximum Gasteiger partial charge on any atom is 0.101 e. The Kier molecular flexibility index (Phi) is 5.75. The Balaban J connectivity index is 2.27. The van der Waals surface area contributed by atoms with Gasteiger partial charge in [0.25, 0.3) is 0 Å². The van der Waals surface area contributed by atoms with Crippen molar-refractivity contribution in [2.75, 3.05) is 25.1 Å². The molecular weight excluding hydrogens is 200 g/mol.